The summed E-state index contributed by atoms with van der Waals surface area (Å²) < 4.78 is 7.29. The molecule has 0 bridgehead atoms. The molecule has 12 heteroatoms. The zero-order chi connectivity index (χ0) is 17.6. The number of azo groups is 1. The minimum absolute atomic E-state index is 0.286. The van der Waals surface area contributed by atoms with Crippen molar-refractivity contribution in [3.63, 3.8) is 0 Å². The molecule has 4 rings (SSSR count). The van der Waals surface area contributed by atoms with Crippen LogP contribution in [0.2, 0.25) is 0 Å². The van der Waals surface area contributed by atoms with Crippen LogP contribution in [-0.2, 0) is 0 Å². The highest BCUT2D eigenvalue weighted by molar-refractivity contribution is 7.08. The van der Waals surface area contributed by atoms with E-state index in [2.05, 4.69) is 46.0 Å². The summed E-state index contributed by atoms with van der Waals surface area (Å²) in [6.45, 7) is 5.47. The summed E-state index contributed by atoms with van der Waals surface area (Å²) in [4.78, 5) is 4.27. The van der Waals surface area contributed by atoms with Crippen LogP contribution in [0.25, 0.3) is 10.8 Å². The number of nitriles is 1. The van der Waals surface area contributed by atoms with Crippen LogP contribution in [0.1, 0.15) is 22.9 Å². The third kappa shape index (κ3) is 2.37. The Balaban J connectivity index is 1.82. The van der Waals surface area contributed by atoms with Crippen LogP contribution in [0.4, 0.5) is 11.5 Å². The lowest BCUT2D eigenvalue weighted by atomic mass is 10.4. The molecule has 0 unspecified atom stereocenters. The van der Waals surface area contributed by atoms with Crippen molar-refractivity contribution in [2.75, 3.05) is 0 Å². The Morgan fingerprint density at radius 3 is 2.80 bits per heavy atom. The second-order valence-corrected chi connectivity index (χ2v) is 5.95. The van der Waals surface area contributed by atoms with Gasteiger partial charge in [0.05, 0.1) is 11.9 Å². The van der Waals surface area contributed by atoms with Gasteiger partial charge in [0.1, 0.15) is 23.3 Å². The summed E-state index contributed by atoms with van der Waals surface area (Å²) in [5.41, 5.74) is 2.19. The Morgan fingerprint density at radius 1 is 1.24 bits per heavy atom. The van der Waals surface area contributed by atoms with Gasteiger partial charge in [-0.2, -0.15) is 19.4 Å². The molecule has 0 atom stereocenters. The van der Waals surface area contributed by atoms with Gasteiger partial charge >= 0.3 is 0 Å². The van der Waals surface area contributed by atoms with Crippen LogP contribution in [-0.4, -0.2) is 38.9 Å². The summed E-state index contributed by atoms with van der Waals surface area (Å²) in [6, 6.07) is 2.06. The van der Waals surface area contributed by atoms with Gasteiger partial charge in [0, 0.05) is 11.5 Å². The van der Waals surface area contributed by atoms with E-state index in [-0.39, 0.29) is 5.82 Å². The minimum Gasteiger partial charge on any atom is -0.293 e. The number of rotatable bonds is 3. The molecule has 0 radical (unpaired) electrons. The minimum atomic E-state index is 0.286. The van der Waals surface area contributed by atoms with Gasteiger partial charge < -0.3 is 0 Å². The first-order chi connectivity index (χ1) is 12.1. The number of nitrogens with zero attached hydrogens (tertiary/aromatic N) is 10. The second kappa shape index (κ2) is 5.56. The van der Waals surface area contributed by atoms with E-state index in [9.17, 15) is 5.26 Å². The zero-order valence-corrected chi connectivity index (χ0v) is 14.3. The molecule has 0 spiro atoms. The molecule has 0 fully saturated rings. The van der Waals surface area contributed by atoms with Crippen molar-refractivity contribution >= 4 is 28.7 Å². The monoisotopic (exact) mass is 353 g/mol. The number of nitrogens with one attached hydrogen (secondary N) is 1. The lowest BCUT2D eigenvalue weighted by Gasteiger charge is -1.97. The van der Waals surface area contributed by atoms with Gasteiger partial charge in [-0.3, -0.25) is 5.10 Å². The fraction of sp³-hybridized carbons (Fsp3) is 0.231. The van der Waals surface area contributed by atoms with E-state index in [0.717, 1.165) is 5.69 Å². The molecule has 0 saturated heterocycles. The normalized spacial score (nSPS) is 11.6. The maximum absolute atomic E-state index is 9.30. The number of fused-ring (bicyclic) bond motifs is 1. The predicted molar refractivity (Wildman–Crippen MR) is 87.5 cm³/mol. The molecule has 1 N–H and O–H groups in total. The van der Waals surface area contributed by atoms with Gasteiger partial charge in [0.25, 0.3) is 0 Å². The van der Waals surface area contributed by atoms with E-state index < -0.39 is 0 Å². The van der Waals surface area contributed by atoms with E-state index in [1.807, 2.05) is 13.8 Å². The van der Waals surface area contributed by atoms with Gasteiger partial charge in [0.2, 0.25) is 10.8 Å². The lowest BCUT2D eigenvalue weighted by molar-refractivity contribution is 0.854. The summed E-state index contributed by atoms with van der Waals surface area (Å²) in [7, 11) is 0. The van der Waals surface area contributed by atoms with Crippen LogP contribution in [0.3, 0.4) is 0 Å². The van der Waals surface area contributed by atoms with Crippen molar-refractivity contribution in [1.82, 2.24) is 38.9 Å². The van der Waals surface area contributed by atoms with Crippen molar-refractivity contribution in [1.29, 1.82) is 5.26 Å². The maximum atomic E-state index is 9.30. The Bertz CT molecular complexity index is 1150. The molecule has 4 aromatic heterocycles. The van der Waals surface area contributed by atoms with Gasteiger partial charge in [-0.1, -0.05) is 0 Å². The average molecular weight is 353 g/mol. The molecular weight excluding hydrogens is 342 g/mol. The third-order valence-corrected chi connectivity index (χ3v) is 4.26. The Morgan fingerprint density at radius 2 is 2.08 bits per heavy atom. The molecule has 0 aliphatic rings. The Kier molecular flexibility index (Phi) is 3.36. The topological polar surface area (TPSA) is 138 Å². The molecule has 124 valence electrons. The van der Waals surface area contributed by atoms with Crippen molar-refractivity contribution in [2.24, 2.45) is 10.2 Å². The highest BCUT2D eigenvalue weighted by atomic mass is 32.1. The number of aryl methyl sites for hydroxylation is 3. The maximum Gasteiger partial charge on any atom is 0.232 e. The number of hydrogen-bond donors (Lipinski definition) is 1. The zero-order valence-electron chi connectivity index (χ0n) is 13.5. The quantitative estimate of drug-likeness (QED) is 0.561. The van der Waals surface area contributed by atoms with Crippen molar-refractivity contribution < 1.29 is 0 Å². The molecule has 0 aliphatic heterocycles. The van der Waals surface area contributed by atoms with E-state index in [0.29, 0.717) is 33.7 Å². The first-order valence-corrected chi connectivity index (χ1v) is 7.96. The number of aromatic nitrogens is 8. The summed E-state index contributed by atoms with van der Waals surface area (Å²) in [6.07, 6.45) is 1.42. The smallest absolute Gasteiger partial charge is 0.232 e. The average Bonchev–Trinajstić information content (AvgIpc) is 3.33. The highest BCUT2D eigenvalue weighted by Gasteiger charge is 2.17. The number of aromatic amines is 1. The van der Waals surface area contributed by atoms with Gasteiger partial charge in [-0.15, -0.1) is 20.4 Å². The molecule has 0 amide bonds. The first kappa shape index (κ1) is 15.1. The SMILES string of the molecule is Cc1nsc(-n2ncc(C#N)c2N=Nc2c(C)[nH]n3c(C)nnc23)n1. The molecule has 0 aliphatic carbocycles. The molecule has 0 aromatic carbocycles. The number of hydrogen-bond acceptors (Lipinski definition) is 9. The molecular formula is C13H11N11S. The Labute approximate surface area is 144 Å². The van der Waals surface area contributed by atoms with Crippen molar-refractivity contribution in [3.8, 4) is 11.2 Å². The summed E-state index contributed by atoms with van der Waals surface area (Å²) in [5, 5.41) is 33.7. The third-order valence-electron chi connectivity index (χ3n) is 3.48. The molecule has 4 aromatic rings. The van der Waals surface area contributed by atoms with Crippen LogP contribution in [0, 0.1) is 32.1 Å². The van der Waals surface area contributed by atoms with Gasteiger partial charge in [-0.05, 0) is 20.8 Å². The predicted octanol–water partition coefficient (Wildman–Crippen LogP) is 2.31. The first-order valence-electron chi connectivity index (χ1n) is 7.19. The van der Waals surface area contributed by atoms with E-state index in [4.69, 9.17) is 0 Å². The van der Waals surface area contributed by atoms with Crippen LogP contribution in [0.15, 0.2) is 16.4 Å². The lowest BCUT2D eigenvalue weighted by Crippen LogP contribution is -1.94. The summed E-state index contributed by atoms with van der Waals surface area (Å²) in [5.74, 6) is 1.62. The van der Waals surface area contributed by atoms with E-state index >= 15 is 0 Å². The van der Waals surface area contributed by atoms with Crippen molar-refractivity contribution in [3.05, 3.63) is 29.1 Å². The van der Waals surface area contributed by atoms with Gasteiger partial charge in [0.15, 0.2) is 11.5 Å². The fourth-order valence-corrected chi connectivity index (χ4v) is 2.92. The molecule has 25 heavy (non-hydrogen) atoms. The van der Waals surface area contributed by atoms with Crippen LogP contribution in [0.5, 0.6) is 0 Å². The van der Waals surface area contributed by atoms with E-state index in [1.165, 1.54) is 22.4 Å². The van der Waals surface area contributed by atoms with E-state index in [1.54, 1.807) is 11.4 Å². The summed E-state index contributed by atoms with van der Waals surface area (Å²) >= 11 is 1.17. The van der Waals surface area contributed by atoms with Crippen LogP contribution >= 0.6 is 11.5 Å². The largest absolute Gasteiger partial charge is 0.293 e. The second-order valence-electron chi connectivity index (χ2n) is 5.22. The standard InChI is InChI=1S/C13H11N11S/c1-6-10(12-20-17-8(3)23(12)21-6)18-19-11-9(4-14)5-15-24(11)13-16-7(2)22-25-13/h5,21H,1-3H3. The van der Waals surface area contributed by atoms with Crippen LogP contribution < -0.4 is 0 Å². The van der Waals surface area contributed by atoms with Crippen molar-refractivity contribution in [2.45, 2.75) is 20.8 Å². The molecule has 0 saturated carbocycles. The fourth-order valence-electron chi connectivity index (χ4n) is 2.28. The highest BCUT2D eigenvalue weighted by Crippen LogP contribution is 2.29. The molecule has 11 nitrogen and oxygen atoms in total. The molecule has 4 heterocycles. The number of H-pyrrole nitrogens is 1. The Hall–Kier alpha value is -3.46. The van der Waals surface area contributed by atoms with Gasteiger partial charge in [-0.25, -0.2) is 9.50 Å².